The van der Waals surface area contributed by atoms with Gasteiger partial charge in [0.2, 0.25) is 9.76 Å². The normalized spacial score (nSPS) is 14.6. The van der Waals surface area contributed by atoms with Gasteiger partial charge in [-0.05, 0) is 30.6 Å². The highest BCUT2D eigenvalue weighted by Gasteiger charge is 2.46. The average Bonchev–Trinajstić information content (AvgIpc) is 2.32. The first kappa shape index (κ1) is 19.4. The van der Waals surface area contributed by atoms with Gasteiger partial charge >= 0.3 is 5.97 Å². The Kier molecular flexibility index (Phi) is 7.78. The van der Waals surface area contributed by atoms with Gasteiger partial charge in [-0.2, -0.15) is 0 Å². The lowest BCUT2D eigenvalue weighted by Crippen LogP contribution is -2.42. The molecule has 118 valence electrons. The van der Waals surface area contributed by atoms with Crippen LogP contribution in [0.4, 0.5) is 0 Å². The maximum absolute atomic E-state index is 11.8. The van der Waals surface area contributed by atoms with Crippen molar-refractivity contribution in [3.05, 3.63) is 12.2 Å². The van der Waals surface area contributed by atoms with Crippen molar-refractivity contribution in [2.75, 3.05) is 0 Å². The van der Waals surface area contributed by atoms with Crippen LogP contribution in [0.3, 0.4) is 0 Å². The molecule has 0 N–H and O–H groups in total. The summed E-state index contributed by atoms with van der Waals surface area (Å²) in [5, 5.41) is 0.161. The molecule has 0 saturated carbocycles. The van der Waals surface area contributed by atoms with Gasteiger partial charge in [0.15, 0.2) is 0 Å². The van der Waals surface area contributed by atoms with Crippen molar-refractivity contribution < 1.29 is 9.22 Å². The fourth-order valence-corrected chi connectivity index (χ4v) is 6.02. The molecule has 0 aromatic rings. The van der Waals surface area contributed by atoms with Gasteiger partial charge in [0.25, 0.3) is 0 Å². The fraction of sp³-hybridized carbons (Fsp3) is 0.824. The third-order valence-corrected chi connectivity index (χ3v) is 7.95. The second-order valence-corrected chi connectivity index (χ2v) is 8.84. The highest BCUT2D eigenvalue weighted by atomic mass is 28.2. The summed E-state index contributed by atoms with van der Waals surface area (Å²) < 4.78 is 5.72. The van der Waals surface area contributed by atoms with E-state index in [0.29, 0.717) is 29.2 Å². The smallest absolute Gasteiger partial charge is 0.319 e. The molecule has 0 aliphatic heterocycles. The van der Waals surface area contributed by atoms with Crippen molar-refractivity contribution in [1.29, 1.82) is 0 Å². The Morgan fingerprint density at radius 3 is 1.85 bits per heavy atom. The third-order valence-electron chi connectivity index (χ3n) is 4.89. The third kappa shape index (κ3) is 4.21. The van der Waals surface area contributed by atoms with Crippen LogP contribution in [-0.2, 0) is 9.22 Å². The van der Waals surface area contributed by atoms with Crippen LogP contribution < -0.4 is 0 Å². The second-order valence-electron chi connectivity index (χ2n) is 7.04. The first-order valence-corrected chi connectivity index (χ1v) is 9.22. The lowest BCUT2D eigenvalue weighted by Gasteiger charge is -2.48. The van der Waals surface area contributed by atoms with E-state index in [9.17, 15) is 4.79 Å². The van der Waals surface area contributed by atoms with Crippen LogP contribution in [0.2, 0.25) is 5.04 Å². The van der Waals surface area contributed by atoms with Crippen molar-refractivity contribution in [3.63, 3.8) is 0 Å². The van der Waals surface area contributed by atoms with Crippen LogP contribution in [0.1, 0.15) is 61.8 Å². The van der Waals surface area contributed by atoms with E-state index in [0.717, 1.165) is 6.42 Å². The minimum atomic E-state index is -0.978. The van der Waals surface area contributed by atoms with Crippen LogP contribution in [-0.4, -0.2) is 15.7 Å². The lowest BCUT2D eigenvalue weighted by atomic mass is 9.69. The SMILES string of the molecule is C=C(C)C(=O)O[SiH2]C(C(C)C)(C(C)C)C(CC)C(C)C. The van der Waals surface area contributed by atoms with E-state index in [4.69, 9.17) is 4.43 Å². The summed E-state index contributed by atoms with van der Waals surface area (Å²) in [6, 6.07) is 0. The van der Waals surface area contributed by atoms with Gasteiger partial charge in [-0.15, -0.1) is 0 Å². The van der Waals surface area contributed by atoms with E-state index >= 15 is 0 Å². The average molecular weight is 299 g/mol. The number of carbonyl (C=O) groups excluding carboxylic acids is 1. The predicted octanol–water partition coefficient (Wildman–Crippen LogP) is 4.34. The lowest BCUT2D eigenvalue weighted by molar-refractivity contribution is -0.130. The molecule has 0 rings (SSSR count). The number of rotatable bonds is 8. The summed E-state index contributed by atoms with van der Waals surface area (Å²) >= 11 is 0. The van der Waals surface area contributed by atoms with E-state index in [-0.39, 0.29) is 11.0 Å². The van der Waals surface area contributed by atoms with Crippen LogP contribution in [0.25, 0.3) is 0 Å². The van der Waals surface area contributed by atoms with Gasteiger partial charge in [0.05, 0.1) is 0 Å². The van der Waals surface area contributed by atoms with E-state index in [1.807, 2.05) is 0 Å². The summed E-state index contributed by atoms with van der Waals surface area (Å²) in [4.78, 5) is 11.8. The summed E-state index contributed by atoms with van der Waals surface area (Å²) in [5.41, 5.74) is 0.511. The quantitative estimate of drug-likeness (QED) is 0.492. The molecule has 0 amide bonds. The molecule has 0 fully saturated rings. The highest BCUT2D eigenvalue weighted by Crippen LogP contribution is 2.53. The van der Waals surface area contributed by atoms with Crippen LogP contribution in [0, 0.1) is 23.7 Å². The molecule has 0 bridgehead atoms. The number of carbonyl (C=O) groups is 1. The zero-order valence-corrected chi connectivity index (χ0v) is 16.2. The molecule has 0 aromatic carbocycles. The predicted molar refractivity (Wildman–Crippen MR) is 90.4 cm³/mol. The van der Waals surface area contributed by atoms with Crippen molar-refractivity contribution in [1.82, 2.24) is 0 Å². The fourth-order valence-electron chi connectivity index (χ4n) is 3.75. The first-order chi connectivity index (χ1) is 9.11. The zero-order valence-electron chi connectivity index (χ0n) is 14.7. The summed E-state index contributed by atoms with van der Waals surface area (Å²) in [7, 11) is -0.978. The molecule has 0 aliphatic carbocycles. The standard InChI is InChI=1S/C17H34O2Si/c1-10-15(11(2)3)17(13(6)7,14(8)9)20-19-16(18)12(4)5/h11,13-15H,4,10,20H2,1-3,5-9H3. The largest absolute Gasteiger partial charge is 0.521 e. The summed E-state index contributed by atoms with van der Waals surface area (Å²) in [6.45, 7) is 21.4. The van der Waals surface area contributed by atoms with Crippen molar-refractivity contribution in [2.45, 2.75) is 66.8 Å². The molecule has 2 nitrogen and oxygen atoms in total. The van der Waals surface area contributed by atoms with E-state index < -0.39 is 9.76 Å². The molecule has 0 radical (unpaired) electrons. The van der Waals surface area contributed by atoms with Crippen molar-refractivity contribution in [2.24, 2.45) is 23.7 Å². The van der Waals surface area contributed by atoms with E-state index in [1.165, 1.54) is 0 Å². The molecule has 0 spiro atoms. The van der Waals surface area contributed by atoms with E-state index in [1.54, 1.807) is 6.92 Å². The number of hydrogen-bond donors (Lipinski definition) is 0. The monoisotopic (exact) mass is 298 g/mol. The molecule has 3 heteroatoms. The van der Waals surface area contributed by atoms with Gasteiger partial charge in [-0.1, -0.05) is 61.5 Å². The van der Waals surface area contributed by atoms with Crippen LogP contribution >= 0.6 is 0 Å². The molecule has 1 atom stereocenters. The Labute approximate surface area is 128 Å². The van der Waals surface area contributed by atoms with E-state index in [2.05, 4.69) is 55.0 Å². The van der Waals surface area contributed by atoms with Gasteiger partial charge < -0.3 is 4.43 Å². The Bertz CT molecular complexity index is 324. The maximum atomic E-state index is 11.8. The van der Waals surface area contributed by atoms with Gasteiger partial charge in [0, 0.05) is 10.6 Å². The van der Waals surface area contributed by atoms with Crippen molar-refractivity contribution in [3.8, 4) is 0 Å². The summed E-state index contributed by atoms with van der Waals surface area (Å²) in [5.74, 6) is 2.06. The Hall–Kier alpha value is -0.573. The molecular weight excluding hydrogens is 264 g/mol. The molecule has 1 unspecified atom stereocenters. The van der Waals surface area contributed by atoms with Gasteiger partial charge in [0.1, 0.15) is 0 Å². The Morgan fingerprint density at radius 1 is 1.15 bits per heavy atom. The molecular formula is C17H34O2Si. The van der Waals surface area contributed by atoms with Crippen molar-refractivity contribution >= 4 is 15.7 Å². The second kappa shape index (κ2) is 8.01. The van der Waals surface area contributed by atoms with Gasteiger partial charge in [-0.25, -0.2) is 4.79 Å². The molecule has 0 aliphatic rings. The van der Waals surface area contributed by atoms with Gasteiger partial charge in [-0.3, -0.25) is 0 Å². The maximum Gasteiger partial charge on any atom is 0.319 e. The highest BCUT2D eigenvalue weighted by molar-refractivity contribution is 6.36. The van der Waals surface area contributed by atoms with Crippen LogP contribution in [0.15, 0.2) is 12.2 Å². The molecule has 0 heterocycles. The summed E-state index contributed by atoms with van der Waals surface area (Å²) in [6.07, 6.45) is 1.14. The topological polar surface area (TPSA) is 26.3 Å². The number of hydrogen-bond acceptors (Lipinski definition) is 2. The minimum Gasteiger partial charge on any atom is -0.521 e. The molecule has 20 heavy (non-hydrogen) atoms. The molecule has 0 aromatic heterocycles. The Balaban J connectivity index is 5.44. The molecule has 0 saturated heterocycles. The Morgan fingerprint density at radius 2 is 1.60 bits per heavy atom. The van der Waals surface area contributed by atoms with Crippen LogP contribution in [0.5, 0.6) is 0 Å². The zero-order chi connectivity index (χ0) is 16.1. The minimum absolute atomic E-state index is 0.161. The first-order valence-electron chi connectivity index (χ1n) is 7.93.